The molecule has 1 aliphatic heterocycles. The topological polar surface area (TPSA) is 144 Å². The fourth-order valence-electron chi connectivity index (χ4n) is 5.83. The zero-order valence-electron chi connectivity index (χ0n) is 26.4. The van der Waals surface area contributed by atoms with E-state index in [-0.39, 0.29) is 46.1 Å². The number of nitrogens with one attached hydrogen (secondary N) is 1. The van der Waals surface area contributed by atoms with Gasteiger partial charge in [0.25, 0.3) is 11.8 Å². The van der Waals surface area contributed by atoms with E-state index in [1.165, 1.54) is 28.8 Å². The number of fused-ring (bicyclic) bond motifs is 2. The number of primary amides is 1. The van der Waals surface area contributed by atoms with E-state index in [1.807, 2.05) is 27.7 Å². The van der Waals surface area contributed by atoms with Gasteiger partial charge < -0.3 is 15.5 Å². The number of hydrogen-bond donors (Lipinski definition) is 2. The molecule has 5 aromatic rings. The molecular formula is C36H33F2N5O4. The molecule has 1 aliphatic rings. The summed E-state index contributed by atoms with van der Waals surface area (Å²) >= 11 is 0. The van der Waals surface area contributed by atoms with Gasteiger partial charge in [-0.25, -0.2) is 13.6 Å². The van der Waals surface area contributed by atoms with Gasteiger partial charge in [0.15, 0.2) is 5.58 Å². The van der Waals surface area contributed by atoms with E-state index in [0.717, 1.165) is 5.56 Å². The van der Waals surface area contributed by atoms with Gasteiger partial charge in [0.1, 0.15) is 17.7 Å². The number of oxazole rings is 1. The molecule has 1 unspecified atom stereocenters. The number of nitrogens with two attached hydrogens (primary N) is 1. The Hall–Kier alpha value is -5.63. The largest absolute Gasteiger partial charge is 0.420 e. The number of carbonyl (C=O) groups is 2. The van der Waals surface area contributed by atoms with Crippen LogP contribution < -0.4 is 16.8 Å². The van der Waals surface area contributed by atoms with Crippen molar-refractivity contribution in [2.24, 2.45) is 11.7 Å². The van der Waals surface area contributed by atoms with Gasteiger partial charge >= 0.3 is 5.76 Å². The number of amides is 2. The minimum absolute atomic E-state index is 0.0169. The molecule has 240 valence electrons. The minimum Gasteiger partial charge on any atom is -0.408 e. The van der Waals surface area contributed by atoms with Gasteiger partial charge in [0.05, 0.1) is 46.2 Å². The van der Waals surface area contributed by atoms with E-state index < -0.39 is 29.4 Å². The van der Waals surface area contributed by atoms with E-state index in [9.17, 15) is 23.2 Å². The third kappa shape index (κ3) is 6.40. The van der Waals surface area contributed by atoms with Gasteiger partial charge in [0.2, 0.25) is 0 Å². The number of carbonyl (C=O) groups excluding carboxylic acids is 2. The predicted octanol–water partition coefficient (Wildman–Crippen LogP) is 6.21. The quantitative estimate of drug-likeness (QED) is 0.207. The lowest BCUT2D eigenvalue weighted by Gasteiger charge is -2.18. The number of benzene rings is 3. The number of hydrogen-bond acceptors (Lipinski definition) is 6. The first-order valence-corrected chi connectivity index (χ1v) is 15.3. The average molecular weight is 638 g/mol. The molecule has 47 heavy (non-hydrogen) atoms. The highest BCUT2D eigenvalue weighted by molar-refractivity contribution is 6.12. The average Bonchev–Trinajstić information content (AvgIpc) is 3.52. The lowest BCUT2D eigenvalue weighted by atomic mass is 9.88. The number of pyridine rings is 1. The van der Waals surface area contributed by atoms with Crippen molar-refractivity contribution in [1.82, 2.24) is 14.9 Å². The van der Waals surface area contributed by atoms with Crippen molar-refractivity contribution >= 4 is 22.9 Å². The van der Waals surface area contributed by atoms with E-state index in [1.54, 1.807) is 42.5 Å². The van der Waals surface area contributed by atoms with Gasteiger partial charge in [-0.05, 0) is 71.8 Å². The van der Waals surface area contributed by atoms with Crippen LogP contribution in [0.15, 0.2) is 69.9 Å². The van der Waals surface area contributed by atoms with E-state index in [4.69, 9.17) is 20.4 Å². The summed E-state index contributed by atoms with van der Waals surface area (Å²) in [4.78, 5) is 44.2. The van der Waals surface area contributed by atoms with Crippen molar-refractivity contribution in [3.8, 4) is 17.2 Å². The number of aromatic nitrogens is 2. The molecule has 3 aromatic carbocycles. The Bertz CT molecular complexity index is 2110. The molecule has 0 fully saturated rings. The van der Waals surface area contributed by atoms with Crippen molar-refractivity contribution in [1.29, 1.82) is 5.26 Å². The molecule has 6 rings (SSSR count). The second-order valence-electron chi connectivity index (χ2n) is 11.5. The second-order valence-corrected chi connectivity index (χ2v) is 11.5. The minimum atomic E-state index is -0.757. The summed E-state index contributed by atoms with van der Waals surface area (Å²) in [5, 5.41) is 12.0. The van der Waals surface area contributed by atoms with Crippen LogP contribution in [-0.2, 0) is 19.4 Å². The molecule has 9 nitrogen and oxygen atoms in total. The van der Waals surface area contributed by atoms with Gasteiger partial charge in [0, 0.05) is 5.56 Å². The Morgan fingerprint density at radius 2 is 1.74 bits per heavy atom. The van der Waals surface area contributed by atoms with Crippen LogP contribution in [0.5, 0.6) is 0 Å². The third-order valence-corrected chi connectivity index (χ3v) is 7.82. The standard InChI is InChI=1S/C34H27F2N5O4.C2H6/c1-17(2)11-24-29(32(38)42)28(30-31(39-24)25(40-33(30)43)13-18-4-8-22(35)9-5-18)20-7-10-26-27(14-20)45-34(44)41(26)16-19-3-6-21(15-37)23(36)12-19;1-2/h3-10,12,14,17,25H,11,13,16H2,1-2H3,(H2,38,42)(H,40,43);1-2H3. The molecule has 0 spiro atoms. The summed E-state index contributed by atoms with van der Waals surface area (Å²) in [6.45, 7) is 7.93. The van der Waals surface area contributed by atoms with Crippen molar-refractivity contribution < 1.29 is 22.8 Å². The Labute approximate surface area is 269 Å². The highest BCUT2D eigenvalue weighted by atomic mass is 19.1. The molecule has 2 amide bonds. The Morgan fingerprint density at radius 1 is 1.04 bits per heavy atom. The molecular weight excluding hydrogens is 604 g/mol. The molecule has 0 radical (unpaired) electrons. The van der Waals surface area contributed by atoms with E-state index >= 15 is 0 Å². The van der Waals surface area contributed by atoms with Gasteiger partial charge in [-0.3, -0.25) is 19.1 Å². The molecule has 0 aliphatic carbocycles. The van der Waals surface area contributed by atoms with Crippen LogP contribution in [0.1, 0.15) is 82.5 Å². The molecule has 0 bridgehead atoms. The van der Waals surface area contributed by atoms with Crippen LogP contribution in [-0.4, -0.2) is 21.4 Å². The first-order chi connectivity index (χ1) is 22.5. The van der Waals surface area contributed by atoms with Crippen LogP contribution in [0, 0.1) is 28.9 Å². The fourth-order valence-corrected chi connectivity index (χ4v) is 5.83. The Morgan fingerprint density at radius 3 is 2.38 bits per heavy atom. The van der Waals surface area contributed by atoms with Crippen molar-refractivity contribution in [2.45, 2.75) is 53.1 Å². The summed E-state index contributed by atoms with van der Waals surface area (Å²) in [5.74, 6) is -2.87. The molecule has 1 atom stereocenters. The lowest BCUT2D eigenvalue weighted by molar-refractivity contribution is 0.0956. The summed E-state index contributed by atoms with van der Waals surface area (Å²) < 4.78 is 34.7. The second kappa shape index (κ2) is 13.4. The van der Waals surface area contributed by atoms with Gasteiger partial charge in [-0.2, -0.15) is 5.26 Å². The zero-order chi connectivity index (χ0) is 34.0. The summed E-state index contributed by atoms with van der Waals surface area (Å²) in [6, 6.07) is 16.1. The third-order valence-electron chi connectivity index (χ3n) is 7.82. The first-order valence-electron chi connectivity index (χ1n) is 15.3. The van der Waals surface area contributed by atoms with Crippen molar-refractivity contribution in [2.75, 3.05) is 0 Å². The summed E-state index contributed by atoms with van der Waals surface area (Å²) in [7, 11) is 0. The van der Waals surface area contributed by atoms with E-state index in [0.29, 0.717) is 40.9 Å². The van der Waals surface area contributed by atoms with Crippen molar-refractivity contribution in [3.63, 3.8) is 0 Å². The smallest absolute Gasteiger partial charge is 0.408 e. The van der Waals surface area contributed by atoms with Crippen LogP contribution in [0.2, 0.25) is 0 Å². The fraction of sp³-hybridized carbons (Fsp3) is 0.250. The lowest BCUT2D eigenvalue weighted by Crippen LogP contribution is -2.21. The highest BCUT2D eigenvalue weighted by Gasteiger charge is 2.37. The molecule has 3 N–H and O–H groups in total. The maximum absolute atomic E-state index is 14.2. The van der Waals surface area contributed by atoms with Crippen LogP contribution in [0.3, 0.4) is 0 Å². The Kier molecular flexibility index (Phi) is 9.33. The van der Waals surface area contributed by atoms with Crippen LogP contribution in [0.4, 0.5) is 8.78 Å². The normalized spacial score (nSPS) is 13.6. The molecule has 2 aromatic heterocycles. The Balaban J connectivity index is 0.00000213. The van der Waals surface area contributed by atoms with Crippen LogP contribution in [0.25, 0.3) is 22.2 Å². The number of nitrogens with zero attached hydrogens (tertiary/aromatic N) is 3. The first kappa shape index (κ1) is 32.8. The monoisotopic (exact) mass is 637 g/mol. The SMILES string of the molecule is CC.CC(C)Cc1nc2c(c(-c3ccc4c(c3)oc(=O)n4Cc3ccc(C#N)c(F)c3)c1C(N)=O)C(=O)NC2Cc1ccc(F)cc1. The molecule has 0 saturated carbocycles. The van der Waals surface area contributed by atoms with Crippen LogP contribution >= 0.6 is 0 Å². The molecule has 11 heteroatoms. The van der Waals surface area contributed by atoms with E-state index in [2.05, 4.69) is 5.32 Å². The predicted molar refractivity (Wildman–Crippen MR) is 173 cm³/mol. The van der Waals surface area contributed by atoms with Crippen molar-refractivity contribution in [3.05, 3.63) is 122 Å². The molecule has 0 saturated heterocycles. The maximum Gasteiger partial charge on any atom is 0.420 e. The molecule has 3 heterocycles. The van der Waals surface area contributed by atoms with Gasteiger partial charge in [-0.15, -0.1) is 0 Å². The highest BCUT2D eigenvalue weighted by Crippen LogP contribution is 2.39. The maximum atomic E-state index is 14.2. The number of rotatable bonds is 8. The number of nitriles is 1. The number of halogens is 2. The summed E-state index contributed by atoms with van der Waals surface area (Å²) in [6.07, 6.45) is 0.750. The summed E-state index contributed by atoms with van der Waals surface area (Å²) in [5.41, 5.74) is 9.53. The van der Waals surface area contributed by atoms with Gasteiger partial charge in [-0.1, -0.05) is 52.0 Å². The zero-order valence-corrected chi connectivity index (χ0v) is 26.4.